The van der Waals surface area contributed by atoms with E-state index >= 15 is 0 Å². The summed E-state index contributed by atoms with van der Waals surface area (Å²) in [6.07, 6.45) is 9.77. The van der Waals surface area contributed by atoms with E-state index in [1.807, 2.05) is 0 Å². The third-order valence-electron chi connectivity index (χ3n) is 3.51. The van der Waals surface area contributed by atoms with Gasteiger partial charge in [-0.3, -0.25) is 4.90 Å². The molecular weight excluding hydrogens is 146 g/mol. The predicted molar refractivity (Wildman–Crippen MR) is 52.0 cm³/mol. The van der Waals surface area contributed by atoms with E-state index in [4.69, 9.17) is 0 Å². The lowest BCUT2D eigenvalue weighted by Gasteiger charge is -2.34. The predicted octanol–water partition coefficient (Wildman–Crippen LogP) is 2.62. The first-order chi connectivity index (χ1) is 5.92. The Labute approximate surface area is 76.1 Å². The largest absolute Gasteiger partial charge is 0.297 e. The third kappa shape index (κ3) is 1.52. The molecule has 0 aromatic heterocycles. The van der Waals surface area contributed by atoms with Crippen LogP contribution < -0.4 is 0 Å². The van der Waals surface area contributed by atoms with Crippen LogP contribution in [0, 0.1) is 6.92 Å². The van der Waals surface area contributed by atoms with Gasteiger partial charge in [0, 0.05) is 12.1 Å². The van der Waals surface area contributed by atoms with Crippen molar-refractivity contribution >= 4 is 0 Å². The highest BCUT2D eigenvalue weighted by Gasteiger charge is 2.35. The van der Waals surface area contributed by atoms with Gasteiger partial charge in [-0.05, 0) is 38.6 Å². The number of rotatable bonds is 3. The molecule has 0 aliphatic carbocycles. The molecule has 2 aliphatic heterocycles. The second-order valence-corrected chi connectivity index (χ2v) is 4.26. The number of hydrogen-bond acceptors (Lipinski definition) is 1. The molecule has 0 spiro atoms. The standard InChI is InChI=1S/C11H20N/c1-2-3-9-12-10-5-4-6-11(12)8-7-10/h10-11H,1-9H2. The highest BCUT2D eigenvalue weighted by molar-refractivity contribution is 4.91. The van der Waals surface area contributed by atoms with E-state index in [2.05, 4.69) is 11.8 Å². The summed E-state index contributed by atoms with van der Waals surface area (Å²) in [5, 5.41) is 0. The maximum Gasteiger partial charge on any atom is 0.00987 e. The van der Waals surface area contributed by atoms with Crippen LogP contribution in [0.5, 0.6) is 0 Å². The molecule has 0 aromatic carbocycles. The monoisotopic (exact) mass is 166 g/mol. The zero-order valence-electron chi connectivity index (χ0n) is 7.97. The maximum atomic E-state index is 3.91. The van der Waals surface area contributed by atoms with Gasteiger partial charge >= 0.3 is 0 Å². The molecule has 1 radical (unpaired) electrons. The molecule has 2 saturated heterocycles. The fourth-order valence-corrected chi connectivity index (χ4v) is 2.88. The lowest BCUT2D eigenvalue weighted by molar-refractivity contribution is 0.139. The first-order valence-electron chi connectivity index (χ1n) is 5.47. The quantitative estimate of drug-likeness (QED) is 0.623. The summed E-state index contributed by atoms with van der Waals surface area (Å²) in [7, 11) is 0. The van der Waals surface area contributed by atoms with Crippen molar-refractivity contribution in [1.82, 2.24) is 4.90 Å². The SMILES string of the molecule is [CH2]CCCN1C2CCCC1CC2. The molecule has 0 amide bonds. The van der Waals surface area contributed by atoms with E-state index in [1.165, 1.54) is 45.1 Å². The summed E-state index contributed by atoms with van der Waals surface area (Å²) in [4.78, 5) is 2.76. The van der Waals surface area contributed by atoms with Crippen molar-refractivity contribution < 1.29 is 0 Å². The molecule has 2 fully saturated rings. The van der Waals surface area contributed by atoms with Crippen molar-refractivity contribution in [2.24, 2.45) is 0 Å². The molecular formula is C11H20N. The minimum atomic E-state index is 0.954. The van der Waals surface area contributed by atoms with E-state index < -0.39 is 0 Å². The number of fused-ring (bicyclic) bond motifs is 2. The van der Waals surface area contributed by atoms with Crippen LogP contribution in [0.4, 0.5) is 0 Å². The highest BCUT2D eigenvalue weighted by atomic mass is 15.2. The Morgan fingerprint density at radius 1 is 1.08 bits per heavy atom. The van der Waals surface area contributed by atoms with Crippen LogP contribution >= 0.6 is 0 Å². The first kappa shape index (κ1) is 8.55. The summed E-state index contributed by atoms with van der Waals surface area (Å²) >= 11 is 0. The fraction of sp³-hybridized carbons (Fsp3) is 0.909. The first-order valence-corrected chi connectivity index (χ1v) is 5.47. The van der Waals surface area contributed by atoms with Crippen LogP contribution in [0.1, 0.15) is 44.9 Å². The van der Waals surface area contributed by atoms with Gasteiger partial charge in [0.05, 0.1) is 0 Å². The minimum absolute atomic E-state index is 0.954. The molecule has 0 saturated carbocycles. The Morgan fingerprint density at radius 2 is 1.75 bits per heavy atom. The van der Waals surface area contributed by atoms with Crippen LogP contribution in [0.25, 0.3) is 0 Å². The van der Waals surface area contributed by atoms with Crippen molar-refractivity contribution in [2.75, 3.05) is 6.54 Å². The number of unbranched alkanes of at least 4 members (excludes halogenated alkanes) is 1. The lowest BCUT2D eigenvalue weighted by Crippen LogP contribution is -2.40. The minimum Gasteiger partial charge on any atom is -0.297 e. The van der Waals surface area contributed by atoms with Gasteiger partial charge in [0.25, 0.3) is 0 Å². The summed E-state index contributed by atoms with van der Waals surface area (Å²) in [6.45, 7) is 5.23. The van der Waals surface area contributed by atoms with Crippen LogP contribution in [0.3, 0.4) is 0 Å². The van der Waals surface area contributed by atoms with Gasteiger partial charge in [-0.15, -0.1) is 0 Å². The number of piperidine rings is 1. The smallest absolute Gasteiger partial charge is 0.00987 e. The van der Waals surface area contributed by atoms with Crippen LogP contribution in [0.2, 0.25) is 0 Å². The van der Waals surface area contributed by atoms with Gasteiger partial charge in [0.2, 0.25) is 0 Å². The second-order valence-electron chi connectivity index (χ2n) is 4.26. The average Bonchev–Trinajstić information content (AvgIpc) is 2.36. The Balaban J connectivity index is 1.87. The zero-order valence-corrected chi connectivity index (χ0v) is 7.97. The fourth-order valence-electron chi connectivity index (χ4n) is 2.88. The topological polar surface area (TPSA) is 3.24 Å². The molecule has 2 unspecified atom stereocenters. The Hall–Kier alpha value is -0.0400. The maximum absolute atomic E-state index is 3.91. The molecule has 2 aliphatic rings. The second kappa shape index (κ2) is 3.78. The summed E-state index contributed by atoms with van der Waals surface area (Å²) in [6, 6.07) is 1.91. The van der Waals surface area contributed by atoms with Crippen molar-refractivity contribution in [3.05, 3.63) is 6.92 Å². The van der Waals surface area contributed by atoms with Gasteiger partial charge in [0.15, 0.2) is 0 Å². The van der Waals surface area contributed by atoms with Gasteiger partial charge < -0.3 is 0 Å². The van der Waals surface area contributed by atoms with Gasteiger partial charge in [-0.1, -0.05) is 19.8 Å². The van der Waals surface area contributed by atoms with Crippen LogP contribution in [-0.2, 0) is 0 Å². The number of hydrogen-bond donors (Lipinski definition) is 0. The lowest BCUT2D eigenvalue weighted by atomic mass is 10.0. The molecule has 69 valence electrons. The molecule has 1 heteroatoms. The van der Waals surface area contributed by atoms with E-state index in [-0.39, 0.29) is 0 Å². The van der Waals surface area contributed by atoms with E-state index in [0.29, 0.717) is 0 Å². The normalized spacial score (nSPS) is 35.8. The summed E-state index contributed by atoms with van der Waals surface area (Å²) in [5.74, 6) is 0. The van der Waals surface area contributed by atoms with E-state index in [0.717, 1.165) is 18.5 Å². The zero-order chi connectivity index (χ0) is 8.39. The molecule has 0 aromatic rings. The molecule has 0 N–H and O–H groups in total. The van der Waals surface area contributed by atoms with Crippen molar-refractivity contribution in [3.8, 4) is 0 Å². The molecule has 2 heterocycles. The highest BCUT2D eigenvalue weighted by Crippen LogP contribution is 2.35. The van der Waals surface area contributed by atoms with Gasteiger partial charge in [-0.25, -0.2) is 0 Å². The van der Waals surface area contributed by atoms with Crippen LogP contribution in [0.15, 0.2) is 0 Å². The van der Waals surface area contributed by atoms with Crippen molar-refractivity contribution in [1.29, 1.82) is 0 Å². The Bertz CT molecular complexity index is 128. The van der Waals surface area contributed by atoms with Gasteiger partial charge in [-0.2, -0.15) is 0 Å². The Kier molecular flexibility index (Phi) is 2.69. The third-order valence-corrected chi connectivity index (χ3v) is 3.51. The Morgan fingerprint density at radius 3 is 2.33 bits per heavy atom. The molecule has 2 bridgehead atoms. The molecule has 12 heavy (non-hydrogen) atoms. The number of nitrogens with zero attached hydrogens (tertiary/aromatic N) is 1. The van der Waals surface area contributed by atoms with Crippen molar-refractivity contribution in [3.63, 3.8) is 0 Å². The average molecular weight is 166 g/mol. The van der Waals surface area contributed by atoms with E-state index in [1.54, 1.807) is 0 Å². The van der Waals surface area contributed by atoms with Gasteiger partial charge in [0.1, 0.15) is 0 Å². The summed E-state index contributed by atoms with van der Waals surface area (Å²) in [5.41, 5.74) is 0. The molecule has 1 nitrogen and oxygen atoms in total. The van der Waals surface area contributed by atoms with Crippen LogP contribution in [-0.4, -0.2) is 23.5 Å². The molecule has 2 rings (SSSR count). The summed E-state index contributed by atoms with van der Waals surface area (Å²) < 4.78 is 0. The van der Waals surface area contributed by atoms with Crippen molar-refractivity contribution in [2.45, 2.75) is 57.0 Å². The van der Waals surface area contributed by atoms with E-state index in [9.17, 15) is 0 Å². The molecule has 2 atom stereocenters.